The van der Waals surface area contributed by atoms with Gasteiger partial charge in [-0.25, -0.2) is 13.4 Å². The lowest BCUT2D eigenvalue weighted by Crippen LogP contribution is -2.55. The molecule has 1 aliphatic heterocycles. The van der Waals surface area contributed by atoms with Gasteiger partial charge < -0.3 is 15.6 Å². The molecule has 0 atom stereocenters. The summed E-state index contributed by atoms with van der Waals surface area (Å²) in [5, 5.41) is 0.579. The third-order valence-electron chi connectivity index (χ3n) is 4.77. The Morgan fingerprint density at radius 1 is 1.25 bits per heavy atom. The summed E-state index contributed by atoms with van der Waals surface area (Å²) in [6, 6.07) is 3.44. The van der Waals surface area contributed by atoms with E-state index in [-0.39, 0.29) is 23.9 Å². The van der Waals surface area contributed by atoms with Gasteiger partial charge in [-0.3, -0.25) is 4.79 Å². The summed E-state index contributed by atoms with van der Waals surface area (Å²) in [5.41, 5.74) is 5.79. The predicted octanol–water partition coefficient (Wildman–Crippen LogP) is -0.113. The molecule has 0 unspecified atom stereocenters. The van der Waals surface area contributed by atoms with Gasteiger partial charge in [-0.05, 0) is 25.0 Å². The van der Waals surface area contributed by atoms with Gasteiger partial charge in [0.15, 0.2) is 0 Å². The molecule has 8 nitrogen and oxygen atoms in total. The van der Waals surface area contributed by atoms with Crippen molar-refractivity contribution in [2.45, 2.75) is 23.3 Å². The largest absolute Gasteiger partial charge is 0.345 e. The lowest BCUT2D eigenvalue weighted by atomic mass is 10.2. The number of hydrogen-bond acceptors (Lipinski definition) is 5. The van der Waals surface area contributed by atoms with Crippen LogP contribution in [0, 0.1) is 0 Å². The van der Waals surface area contributed by atoms with E-state index in [1.807, 2.05) is 0 Å². The minimum atomic E-state index is -3.62. The number of rotatable bonds is 3. The van der Waals surface area contributed by atoms with Crippen molar-refractivity contribution in [1.82, 2.24) is 19.2 Å². The Hall–Kier alpha value is -1.97. The molecule has 24 heavy (non-hydrogen) atoms. The third kappa shape index (κ3) is 2.40. The molecule has 4 rings (SSSR count). The lowest BCUT2D eigenvalue weighted by molar-refractivity contribution is -0.134. The number of nitrogens with two attached hydrogens (primary N) is 1. The second-order valence-corrected chi connectivity index (χ2v) is 8.31. The number of carbonyl (C=O) groups is 1. The van der Waals surface area contributed by atoms with Gasteiger partial charge >= 0.3 is 0 Å². The monoisotopic (exact) mass is 349 g/mol. The second kappa shape index (κ2) is 5.27. The zero-order valence-electron chi connectivity index (χ0n) is 13.1. The molecule has 2 fully saturated rings. The molecule has 3 heterocycles. The lowest BCUT2D eigenvalue weighted by Gasteiger charge is -2.35. The number of aromatic nitrogens is 2. The molecule has 1 saturated heterocycles. The summed E-state index contributed by atoms with van der Waals surface area (Å²) in [4.78, 5) is 21.2. The average Bonchev–Trinajstić information content (AvgIpc) is 3.19. The summed E-state index contributed by atoms with van der Waals surface area (Å²) >= 11 is 0. The first kappa shape index (κ1) is 15.6. The van der Waals surface area contributed by atoms with Crippen LogP contribution in [0.4, 0.5) is 0 Å². The minimum absolute atomic E-state index is 0.0594. The fraction of sp³-hybridized carbons (Fsp3) is 0.467. The summed E-state index contributed by atoms with van der Waals surface area (Å²) in [5.74, 6) is -0.0594. The van der Waals surface area contributed by atoms with Gasteiger partial charge in [-0.1, -0.05) is 0 Å². The number of nitrogens with zero attached hydrogens (tertiary/aromatic N) is 3. The number of piperazine rings is 1. The van der Waals surface area contributed by atoms with Crippen molar-refractivity contribution < 1.29 is 13.2 Å². The van der Waals surface area contributed by atoms with Gasteiger partial charge in [-0.2, -0.15) is 4.31 Å². The Morgan fingerprint density at radius 3 is 2.62 bits per heavy atom. The summed E-state index contributed by atoms with van der Waals surface area (Å²) in [7, 11) is -3.62. The van der Waals surface area contributed by atoms with Gasteiger partial charge in [0.1, 0.15) is 10.5 Å². The molecule has 9 heteroatoms. The topological polar surface area (TPSA) is 112 Å². The maximum absolute atomic E-state index is 12.9. The van der Waals surface area contributed by atoms with E-state index in [4.69, 9.17) is 5.73 Å². The predicted molar refractivity (Wildman–Crippen MR) is 87.6 cm³/mol. The Balaban J connectivity index is 1.53. The van der Waals surface area contributed by atoms with E-state index in [1.165, 1.54) is 10.5 Å². The Labute approximate surface area is 139 Å². The molecule has 1 aliphatic carbocycles. The normalized spacial score (nSPS) is 21.1. The van der Waals surface area contributed by atoms with Gasteiger partial charge in [0.2, 0.25) is 15.9 Å². The number of carbonyl (C=O) groups excluding carboxylic acids is 1. The molecule has 2 aromatic rings. The number of amides is 1. The Bertz CT molecular complexity index is 895. The standard InChI is InChI=1S/C15H19N5O3S/c16-15(3-4-15)14(21)19-6-8-20(9-7-19)24(22,23)12-10-18-13-11(12)2-1-5-17-13/h1-2,5,10H,3-4,6-9,16H2,(H,17,18). The van der Waals surface area contributed by atoms with Gasteiger partial charge in [-0.15, -0.1) is 0 Å². The van der Waals surface area contributed by atoms with Crippen molar-refractivity contribution in [2.75, 3.05) is 26.2 Å². The molecule has 0 bridgehead atoms. The van der Waals surface area contributed by atoms with Crippen LogP contribution in [-0.2, 0) is 14.8 Å². The number of sulfonamides is 1. The molecule has 2 aliphatic rings. The van der Waals surface area contributed by atoms with Gasteiger partial charge in [0.25, 0.3) is 0 Å². The first-order chi connectivity index (χ1) is 11.4. The summed E-state index contributed by atoms with van der Waals surface area (Å²) in [6.07, 6.45) is 4.52. The van der Waals surface area contributed by atoms with E-state index < -0.39 is 15.6 Å². The van der Waals surface area contributed by atoms with E-state index >= 15 is 0 Å². The van der Waals surface area contributed by atoms with Crippen molar-refractivity contribution in [3.63, 3.8) is 0 Å². The van der Waals surface area contributed by atoms with Crippen LogP contribution in [0.2, 0.25) is 0 Å². The molecule has 1 saturated carbocycles. The van der Waals surface area contributed by atoms with Gasteiger partial charge in [0.05, 0.1) is 5.54 Å². The highest BCUT2D eigenvalue weighted by molar-refractivity contribution is 7.89. The number of aromatic amines is 1. The van der Waals surface area contributed by atoms with Gasteiger partial charge in [0, 0.05) is 44.0 Å². The van der Waals surface area contributed by atoms with E-state index in [2.05, 4.69) is 9.97 Å². The fourth-order valence-corrected chi connectivity index (χ4v) is 4.65. The van der Waals surface area contributed by atoms with Crippen molar-refractivity contribution in [1.29, 1.82) is 0 Å². The number of H-pyrrole nitrogens is 1. The SMILES string of the molecule is NC1(C(=O)N2CCN(S(=O)(=O)c3c[nH]c4ncccc34)CC2)CC1. The molecule has 2 aromatic heterocycles. The van der Waals surface area contributed by atoms with Crippen LogP contribution < -0.4 is 5.73 Å². The van der Waals surface area contributed by atoms with Crippen molar-refractivity contribution in [3.05, 3.63) is 24.5 Å². The van der Waals surface area contributed by atoms with E-state index in [1.54, 1.807) is 23.2 Å². The van der Waals surface area contributed by atoms with Crippen LogP contribution >= 0.6 is 0 Å². The third-order valence-corrected chi connectivity index (χ3v) is 6.71. The number of hydrogen-bond donors (Lipinski definition) is 2. The van der Waals surface area contributed by atoms with Crippen molar-refractivity contribution in [3.8, 4) is 0 Å². The molecular formula is C15H19N5O3S. The highest BCUT2D eigenvalue weighted by Gasteiger charge is 2.48. The second-order valence-electron chi connectivity index (χ2n) is 6.40. The van der Waals surface area contributed by atoms with E-state index in [9.17, 15) is 13.2 Å². The first-order valence-electron chi connectivity index (χ1n) is 7.92. The van der Waals surface area contributed by atoms with Crippen LogP contribution in [0.3, 0.4) is 0 Å². The van der Waals surface area contributed by atoms with E-state index in [0.29, 0.717) is 37.0 Å². The van der Waals surface area contributed by atoms with Crippen LogP contribution in [0.1, 0.15) is 12.8 Å². The molecule has 1 amide bonds. The highest BCUT2D eigenvalue weighted by atomic mass is 32.2. The summed E-state index contributed by atoms with van der Waals surface area (Å²) in [6.45, 7) is 1.30. The van der Waals surface area contributed by atoms with Crippen LogP contribution in [0.5, 0.6) is 0 Å². The minimum Gasteiger partial charge on any atom is -0.345 e. The Morgan fingerprint density at radius 2 is 1.96 bits per heavy atom. The van der Waals surface area contributed by atoms with E-state index in [0.717, 1.165) is 0 Å². The van der Waals surface area contributed by atoms with Crippen LogP contribution in [0.15, 0.2) is 29.4 Å². The Kier molecular flexibility index (Phi) is 3.41. The quantitative estimate of drug-likeness (QED) is 0.803. The summed E-state index contributed by atoms with van der Waals surface area (Å²) < 4.78 is 27.2. The first-order valence-corrected chi connectivity index (χ1v) is 9.36. The molecule has 128 valence electrons. The highest BCUT2D eigenvalue weighted by Crippen LogP contribution is 2.34. The average molecular weight is 349 g/mol. The zero-order chi connectivity index (χ0) is 16.9. The number of fused-ring (bicyclic) bond motifs is 1. The molecular weight excluding hydrogens is 330 g/mol. The zero-order valence-corrected chi connectivity index (χ0v) is 13.9. The van der Waals surface area contributed by atoms with Crippen molar-refractivity contribution >= 4 is 27.0 Å². The number of nitrogens with one attached hydrogen (secondary N) is 1. The maximum Gasteiger partial charge on any atom is 0.245 e. The smallest absolute Gasteiger partial charge is 0.245 e. The maximum atomic E-state index is 12.9. The molecule has 0 aromatic carbocycles. The fourth-order valence-electron chi connectivity index (χ4n) is 3.08. The van der Waals surface area contributed by atoms with Crippen LogP contribution in [0.25, 0.3) is 11.0 Å². The molecule has 0 spiro atoms. The number of pyridine rings is 1. The molecule has 0 radical (unpaired) electrons. The van der Waals surface area contributed by atoms with Crippen molar-refractivity contribution in [2.24, 2.45) is 5.73 Å². The molecule has 3 N–H and O–H groups in total. The van der Waals surface area contributed by atoms with Crippen LogP contribution in [-0.4, -0.2) is 65.2 Å².